The van der Waals surface area contributed by atoms with Crippen molar-refractivity contribution < 1.29 is 0 Å². The lowest BCUT2D eigenvalue weighted by Crippen LogP contribution is -2.37. The van der Waals surface area contributed by atoms with Crippen molar-refractivity contribution in [3.8, 4) is 0 Å². The maximum Gasteiger partial charge on any atom is -0.00499 e. The molecular weight excluding hydrogens is 276 g/mol. The molecule has 1 aliphatic carbocycles. The van der Waals surface area contributed by atoms with Crippen LogP contribution < -0.4 is 0 Å². The molecule has 0 unspecified atom stereocenters. The highest BCUT2D eigenvalue weighted by atomic mass is 14.4. The topological polar surface area (TPSA) is 0 Å². The summed E-state index contributed by atoms with van der Waals surface area (Å²) < 4.78 is 0. The predicted molar refractivity (Wildman–Crippen MR) is 103 cm³/mol. The van der Waals surface area contributed by atoms with Gasteiger partial charge in [-0.15, -0.1) is 0 Å². The summed E-state index contributed by atoms with van der Waals surface area (Å²) in [7, 11) is 0. The molecule has 0 saturated heterocycles. The summed E-state index contributed by atoms with van der Waals surface area (Å²) in [4.78, 5) is 0. The maximum absolute atomic E-state index is 2.48. The van der Waals surface area contributed by atoms with Crippen LogP contribution in [0.2, 0.25) is 0 Å². The second kappa shape index (κ2) is 6.67. The van der Waals surface area contributed by atoms with Gasteiger partial charge in [0.05, 0.1) is 0 Å². The molecule has 0 nitrogen and oxygen atoms in total. The first kappa shape index (κ1) is 18.0. The second-order valence-corrected chi connectivity index (χ2v) is 8.39. The van der Waals surface area contributed by atoms with E-state index in [1.54, 1.807) is 5.57 Å². The monoisotopic (exact) mass is 310 g/mol. The summed E-state index contributed by atoms with van der Waals surface area (Å²) in [6, 6.07) is 6.96. The van der Waals surface area contributed by atoms with E-state index in [-0.39, 0.29) is 10.8 Å². The SMILES string of the molecule is CCc1ccc(C)cc1CC(C)(C)C(C)(C)C1=CCCC=C1C. The number of allylic oxidation sites excluding steroid dienone is 4. The van der Waals surface area contributed by atoms with Crippen molar-refractivity contribution >= 4 is 0 Å². The molecule has 0 radical (unpaired) electrons. The van der Waals surface area contributed by atoms with Gasteiger partial charge in [-0.05, 0) is 67.1 Å². The maximum atomic E-state index is 2.48. The van der Waals surface area contributed by atoms with Gasteiger partial charge in [-0.2, -0.15) is 0 Å². The minimum Gasteiger partial charge on any atom is -0.0810 e. The van der Waals surface area contributed by atoms with Crippen LogP contribution in [0.1, 0.15) is 71.1 Å². The molecule has 0 N–H and O–H groups in total. The first-order chi connectivity index (χ1) is 10.7. The van der Waals surface area contributed by atoms with E-state index in [0.717, 1.165) is 12.8 Å². The van der Waals surface area contributed by atoms with Crippen molar-refractivity contribution in [2.45, 2.75) is 74.1 Å². The van der Waals surface area contributed by atoms with Crippen LogP contribution in [0.4, 0.5) is 0 Å². The molecule has 0 aliphatic heterocycles. The third kappa shape index (κ3) is 3.62. The minimum absolute atomic E-state index is 0.169. The number of rotatable bonds is 5. The molecule has 2 rings (SSSR count). The van der Waals surface area contributed by atoms with Gasteiger partial charge in [-0.3, -0.25) is 0 Å². The molecule has 1 aliphatic rings. The Kier molecular flexibility index (Phi) is 5.23. The summed E-state index contributed by atoms with van der Waals surface area (Å²) in [6.07, 6.45) is 9.54. The van der Waals surface area contributed by atoms with Crippen LogP contribution in [0.25, 0.3) is 0 Å². The van der Waals surface area contributed by atoms with Gasteiger partial charge < -0.3 is 0 Å². The van der Waals surface area contributed by atoms with Crippen LogP contribution in [0.3, 0.4) is 0 Å². The molecule has 126 valence electrons. The Labute approximate surface area is 143 Å². The molecule has 23 heavy (non-hydrogen) atoms. The van der Waals surface area contributed by atoms with E-state index in [0.29, 0.717) is 0 Å². The predicted octanol–water partition coefficient (Wildman–Crippen LogP) is 6.82. The molecule has 0 amide bonds. The highest BCUT2D eigenvalue weighted by Gasteiger charge is 2.40. The normalized spacial score (nSPS) is 16.1. The largest absolute Gasteiger partial charge is 0.0810 e. The van der Waals surface area contributed by atoms with E-state index in [2.05, 4.69) is 78.8 Å². The van der Waals surface area contributed by atoms with Crippen molar-refractivity contribution in [2.24, 2.45) is 10.8 Å². The van der Waals surface area contributed by atoms with Crippen LogP contribution >= 0.6 is 0 Å². The van der Waals surface area contributed by atoms with Crippen LogP contribution in [0.5, 0.6) is 0 Å². The second-order valence-electron chi connectivity index (χ2n) is 8.39. The fourth-order valence-corrected chi connectivity index (χ4v) is 3.87. The van der Waals surface area contributed by atoms with Gasteiger partial charge in [0.25, 0.3) is 0 Å². The van der Waals surface area contributed by atoms with E-state index < -0.39 is 0 Å². The molecule has 0 atom stereocenters. The molecular formula is C23H34. The Balaban J connectivity index is 2.36. The first-order valence-corrected chi connectivity index (χ1v) is 9.15. The van der Waals surface area contributed by atoms with Gasteiger partial charge in [0.15, 0.2) is 0 Å². The van der Waals surface area contributed by atoms with Crippen LogP contribution in [0, 0.1) is 17.8 Å². The molecule has 0 fully saturated rings. The third-order valence-corrected chi connectivity index (χ3v) is 6.13. The van der Waals surface area contributed by atoms with Crippen molar-refractivity contribution in [1.29, 1.82) is 0 Å². The van der Waals surface area contributed by atoms with E-state index in [1.165, 1.54) is 35.1 Å². The average Bonchev–Trinajstić information content (AvgIpc) is 2.47. The van der Waals surface area contributed by atoms with Crippen molar-refractivity contribution in [2.75, 3.05) is 0 Å². The quantitative estimate of drug-likeness (QED) is 0.560. The first-order valence-electron chi connectivity index (χ1n) is 9.15. The Morgan fingerprint density at radius 3 is 2.17 bits per heavy atom. The number of aryl methyl sites for hydroxylation is 2. The average molecular weight is 311 g/mol. The van der Waals surface area contributed by atoms with Crippen molar-refractivity contribution in [3.05, 3.63) is 58.2 Å². The fraction of sp³-hybridized carbons (Fsp3) is 0.565. The lowest BCUT2D eigenvalue weighted by atomic mass is 9.59. The lowest BCUT2D eigenvalue weighted by molar-refractivity contribution is 0.152. The highest BCUT2D eigenvalue weighted by Crippen LogP contribution is 2.49. The minimum atomic E-state index is 0.169. The van der Waals surface area contributed by atoms with E-state index in [1.807, 2.05) is 0 Å². The Hall–Kier alpha value is -1.30. The fourth-order valence-electron chi connectivity index (χ4n) is 3.87. The summed E-state index contributed by atoms with van der Waals surface area (Å²) in [5.41, 5.74) is 7.83. The molecule has 0 heteroatoms. The summed E-state index contributed by atoms with van der Waals surface area (Å²) >= 11 is 0. The number of benzene rings is 1. The Morgan fingerprint density at radius 1 is 0.913 bits per heavy atom. The van der Waals surface area contributed by atoms with Gasteiger partial charge in [0, 0.05) is 0 Å². The zero-order valence-electron chi connectivity index (χ0n) is 16.2. The van der Waals surface area contributed by atoms with E-state index >= 15 is 0 Å². The van der Waals surface area contributed by atoms with Gasteiger partial charge in [-0.25, -0.2) is 0 Å². The van der Waals surface area contributed by atoms with Crippen molar-refractivity contribution in [1.82, 2.24) is 0 Å². The summed E-state index contributed by atoms with van der Waals surface area (Å²) in [5, 5.41) is 0. The van der Waals surface area contributed by atoms with Gasteiger partial charge in [0.1, 0.15) is 0 Å². The van der Waals surface area contributed by atoms with Crippen molar-refractivity contribution in [3.63, 3.8) is 0 Å². The highest BCUT2D eigenvalue weighted by molar-refractivity contribution is 5.39. The smallest absolute Gasteiger partial charge is 0.00499 e. The number of hydrogen-bond acceptors (Lipinski definition) is 0. The van der Waals surface area contributed by atoms with E-state index in [4.69, 9.17) is 0 Å². The lowest BCUT2D eigenvalue weighted by Gasteiger charge is -2.45. The van der Waals surface area contributed by atoms with Crippen LogP contribution in [0.15, 0.2) is 41.5 Å². The molecule has 0 aromatic heterocycles. The van der Waals surface area contributed by atoms with E-state index in [9.17, 15) is 0 Å². The molecule has 0 bridgehead atoms. The molecule has 0 spiro atoms. The standard InChI is InChI=1S/C23H34/c1-8-19-14-13-17(2)15-20(19)16-22(4,5)23(6,7)21-12-10-9-11-18(21)3/h11-15H,8-10,16H2,1-7H3. The third-order valence-electron chi connectivity index (χ3n) is 6.13. The Bertz CT molecular complexity index is 623. The number of hydrogen-bond donors (Lipinski definition) is 0. The molecule has 0 saturated carbocycles. The Morgan fingerprint density at radius 2 is 1.57 bits per heavy atom. The van der Waals surface area contributed by atoms with Crippen LogP contribution in [-0.2, 0) is 12.8 Å². The zero-order chi connectivity index (χ0) is 17.3. The molecule has 0 heterocycles. The van der Waals surface area contributed by atoms with Gasteiger partial charge >= 0.3 is 0 Å². The molecule has 1 aromatic rings. The summed E-state index contributed by atoms with van der Waals surface area (Å²) in [6.45, 7) is 16.5. The van der Waals surface area contributed by atoms with Crippen LogP contribution in [-0.4, -0.2) is 0 Å². The van der Waals surface area contributed by atoms with Gasteiger partial charge in [-0.1, -0.05) is 76.1 Å². The zero-order valence-corrected chi connectivity index (χ0v) is 16.2. The molecule has 1 aromatic carbocycles. The summed E-state index contributed by atoms with van der Waals surface area (Å²) in [5.74, 6) is 0. The van der Waals surface area contributed by atoms with Gasteiger partial charge in [0.2, 0.25) is 0 Å².